The molecule has 0 fully saturated rings. The first kappa shape index (κ1) is 16.1. The Morgan fingerprint density at radius 2 is 1.75 bits per heavy atom. The highest BCUT2D eigenvalue weighted by Gasteiger charge is 2.20. The molecular weight excluding hydrogens is 330 g/mol. The third-order valence-electron chi connectivity index (χ3n) is 3.54. The highest BCUT2D eigenvalue weighted by Crippen LogP contribution is 2.41. The van der Waals surface area contributed by atoms with Crippen LogP contribution in [-0.4, -0.2) is 25.4 Å². The number of halogens is 1. The fourth-order valence-corrected chi connectivity index (χ4v) is 2.65. The summed E-state index contributed by atoms with van der Waals surface area (Å²) < 4.78 is 15.0. The molecule has 6 heteroatoms. The zero-order valence-electron chi connectivity index (χ0n) is 13.1. The molecule has 0 saturated heterocycles. The molecule has 122 valence electrons. The predicted octanol–water partition coefficient (Wildman–Crippen LogP) is 4.71. The van der Waals surface area contributed by atoms with Crippen molar-refractivity contribution in [1.29, 1.82) is 0 Å². The lowest BCUT2D eigenvalue weighted by Crippen LogP contribution is -2.09. The number of aromatic nitrogens is 1. The van der Waals surface area contributed by atoms with Gasteiger partial charge in [-0.15, -0.1) is 0 Å². The number of rotatable bonds is 3. The Hall–Kier alpha value is -2.79. The molecule has 0 unspecified atom stereocenters. The topological polar surface area (TPSA) is 57.7 Å². The molecule has 0 radical (unpaired) electrons. The van der Waals surface area contributed by atoms with Gasteiger partial charge in [0.25, 0.3) is 0 Å². The Kier molecular flexibility index (Phi) is 4.53. The van der Waals surface area contributed by atoms with Gasteiger partial charge in [0.05, 0.1) is 19.7 Å². The second-order valence-electron chi connectivity index (χ2n) is 4.91. The zero-order valence-corrected chi connectivity index (χ0v) is 13.8. The van der Waals surface area contributed by atoms with Crippen molar-refractivity contribution in [3.8, 4) is 22.6 Å². The number of benzene rings is 2. The number of nitrogens with zero attached hydrogens (tertiary/aromatic N) is 1. The number of pyridine rings is 1. The first-order chi connectivity index (χ1) is 11.6. The quantitative estimate of drug-likeness (QED) is 0.509. The van der Waals surface area contributed by atoms with Crippen molar-refractivity contribution in [2.45, 2.75) is 0 Å². The summed E-state index contributed by atoms with van der Waals surface area (Å²) in [5.74, 6) is 0.881. The van der Waals surface area contributed by atoms with Crippen LogP contribution in [0.2, 0.25) is 5.15 Å². The summed E-state index contributed by atoms with van der Waals surface area (Å²) in [6.07, 6.45) is -0.858. The molecule has 0 aliphatic rings. The van der Waals surface area contributed by atoms with E-state index in [0.717, 1.165) is 16.7 Å². The average Bonchev–Trinajstić information content (AvgIpc) is 2.62. The first-order valence-corrected chi connectivity index (χ1v) is 7.50. The van der Waals surface area contributed by atoms with Gasteiger partial charge in [-0.2, -0.15) is 0 Å². The van der Waals surface area contributed by atoms with E-state index in [1.807, 2.05) is 48.5 Å². The minimum atomic E-state index is -0.858. The van der Waals surface area contributed by atoms with Gasteiger partial charge in [0.2, 0.25) is 0 Å². The fourth-order valence-electron chi connectivity index (χ4n) is 2.43. The molecule has 5 nitrogen and oxygen atoms in total. The second-order valence-corrected chi connectivity index (χ2v) is 5.27. The van der Waals surface area contributed by atoms with Crippen LogP contribution < -0.4 is 9.47 Å². The van der Waals surface area contributed by atoms with E-state index in [2.05, 4.69) is 9.72 Å². The summed E-state index contributed by atoms with van der Waals surface area (Å²) in [6, 6.07) is 14.8. The fraction of sp³-hybridized carbons (Fsp3) is 0.111. The molecule has 0 aliphatic heterocycles. The highest BCUT2D eigenvalue weighted by molar-refractivity contribution is 6.32. The van der Waals surface area contributed by atoms with Gasteiger partial charge in [0.1, 0.15) is 5.75 Å². The van der Waals surface area contributed by atoms with E-state index in [1.54, 1.807) is 7.11 Å². The van der Waals surface area contributed by atoms with Crippen LogP contribution >= 0.6 is 11.6 Å². The normalized spacial score (nSPS) is 10.5. The third-order valence-corrected chi connectivity index (χ3v) is 3.79. The molecule has 1 aromatic heterocycles. The molecule has 0 spiro atoms. The average molecular weight is 344 g/mol. The number of para-hydroxylation sites is 1. The molecule has 3 rings (SSSR count). The van der Waals surface area contributed by atoms with Gasteiger partial charge in [-0.3, -0.25) is 0 Å². The van der Waals surface area contributed by atoms with Crippen LogP contribution in [0.15, 0.2) is 48.5 Å². The number of ether oxygens (including phenoxy) is 3. The van der Waals surface area contributed by atoms with Crippen molar-refractivity contribution in [1.82, 2.24) is 4.98 Å². The second kappa shape index (κ2) is 6.76. The number of hydrogen-bond donors (Lipinski definition) is 0. The van der Waals surface area contributed by atoms with Crippen LogP contribution in [0.5, 0.6) is 11.5 Å². The van der Waals surface area contributed by atoms with Gasteiger partial charge in [-0.1, -0.05) is 41.9 Å². The smallest absolute Gasteiger partial charge is 0.497 e. The maximum atomic E-state index is 11.6. The van der Waals surface area contributed by atoms with Crippen molar-refractivity contribution in [3.63, 3.8) is 0 Å². The molecule has 0 aliphatic carbocycles. The molecule has 0 amide bonds. The van der Waals surface area contributed by atoms with Crippen LogP contribution in [0.1, 0.15) is 0 Å². The first-order valence-electron chi connectivity index (χ1n) is 7.12. The molecule has 0 N–H and O–H groups in total. The summed E-state index contributed by atoms with van der Waals surface area (Å²) in [5.41, 5.74) is 2.18. The molecule has 1 heterocycles. The van der Waals surface area contributed by atoms with Crippen molar-refractivity contribution in [2.75, 3.05) is 14.2 Å². The monoisotopic (exact) mass is 343 g/mol. The van der Waals surface area contributed by atoms with Crippen LogP contribution in [0, 0.1) is 0 Å². The van der Waals surface area contributed by atoms with Crippen LogP contribution in [0.25, 0.3) is 22.0 Å². The van der Waals surface area contributed by atoms with Gasteiger partial charge < -0.3 is 14.2 Å². The van der Waals surface area contributed by atoms with Crippen molar-refractivity contribution < 1.29 is 19.0 Å². The van der Waals surface area contributed by atoms with Crippen molar-refractivity contribution >= 4 is 28.7 Å². The molecule has 24 heavy (non-hydrogen) atoms. The van der Waals surface area contributed by atoms with E-state index in [1.165, 1.54) is 7.11 Å². The maximum absolute atomic E-state index is 11.6. The Bertz CT molecular complexity index is 893. The lowest BCUT2D eigenvalue weighted by atomic mass is 10.0. The minimum absolute atomic E-state index is 0.0879. The molecule has 0 bridgehead atoms. The predicted molar refractivity (Wildman–Crippen MR) is 91.8 cm³/mol. The SMILES string of the molecule is COC(=O)Oc1c(Cl)nc2ccccc2c1-c1ccc(OC)cc1. The number of methoxy groups -OCH3 is 2. The summed E-state index contributed by atoms with van der Waals surface area (Å²) in [6.45, 7) is 0. The summed E-state index contributed by atoms with van der Waals surface area (Å²) in [5, 5.41) is 0.899. The number of carbonyl (C=O) groups excluding carboxylic acids is 1. The summed E-state index contributed by atoms with van der Waals surface area (Å²) >= 11 is 6.25. The highest BCUT2D eigenvalue weighted by atomic mass is 35.5. The summed E-state index contributed by atoms with van der Waals surface area (Å²) in [4.78, 5) is 15.9. The lowest BCUT2D eigenvalue weighted by Gasteiger charge is -2.14. The molecular formula is C18H14ClNO4. The summed E-state index contributed by atoms with van der Waals surface area (Å²) in [7, 11) is 2.83. The molecule has 0 saturated carbocycles. The number of carbonyl (C=O) groups is 1. The van der Waals surface area contributed by atoms with E-state index >= 15 is 0 Å². The molecule has 3 aromatic rings. The lowest BCUT2D eigenvalue weighted by molar-refractivity contribution is 0.121. The van der Waals surface area contributed by atoms with Gasteiger partial charge in [-0.25, -0.2) is 9.78 Å². The number of hydrogen-bond acceptors (Lipinski definition) is 5. The van der Waals surface area contributed by atoms with Crippen LogP contribution in [-0.2, 0) is 4.74 Å². The van der Waals surface area contributed by atoms with E-state index in [0.29, 0.717) is 11.1 Å². The third kappa shape index (κ3) is 2.98. The minimum Gasteiger partial charge on any atom is -0.497 e. The molecule has 0 atom stereocenters. The van der Waals surface area contributed by atoms with Gasteiger partial charge in [0.15, 0.2) is 10.9 Å². The Morgan fingerprint density at radius 3 is 2.42 bits per heavy atom. The van der Waals surface area contributed by atoms with E-state index < -0.39 is 6.16 Å². The van der Waals surface area contributed by atoms with E-state index in [9.17, 15) is 4.79 Å². The van der Waals surface area contributed by atoms with Crippen molar-refractivity contribution in [3.05, 3.63) is 53.7 Å². The van der Waals surface area contributed by atoms with Crippen LogP contribution in [0.3, 0.4) is 0 Å². The zero-order chi connectivity index (χ0) is 17.1. The standard InChI is InChI=1S/C18H14ClNO4/c1-22-12-9-7-11(8-10-12)15-13-5-3-4-6-14(13)20-17(19)16(15)24-18(21)23-2/h3-10H,1-2H3. The maximum Gasteiger partial charge on any atom is 0.513 e. The Balaban J connectivity index is 2.27. The van der Waals surface area contributed by atoms with Crippen molar-refractivity contribution in [2.24, 2.45) is 0 Å². The molecule has 2 aromatic carbocycles. The van der Waals surface area contributed by atoms with Gasteiger partial charge in [0, 0.05) is 10.9 Å². The van der Waals surface area contributed by atoms with E-state index in [4.69, 9.17) is 21.1 Å². The number of fused-ring (bicyclic) bond motifs is 1. The Labute approximate surface area is 143 Å². The Morgan fingerprint density at radius 1 is 1.04 bits per heavy atom. The van der Waals surface area contributed by atoms with Gasteiger partial charge >= 0.3 is 6.16 Å². The largest absolute Gasteiger partial charge is 0.513 e. The van der Waals surface area contributed by atoms with E-state index in [-0.39, 0.29) is 10.9 Å². The van der Waals surface area contributed by atoms with Gasteiger partial charge in [-0.05, 0) is 23.8 Å². The van der Waals surface area contributed by atoms with Crippen LogP contribution in [0.4, 0.5) is 4.79 Å².